The van der Waals surface area contributed by atoms with E-state index in [1.807, 2.05) is 12.1 Å². The molecule has 2 unspecified atom stereocenters. The van der Waals surface area contributed by atoms with Crippen molar-refractivity contribution in [2.24, 2.45) is 0 Å². The third kappa shape index (κ3) is 3.87. The number of ether oxygens (including phenoxy) is 2. The van der Waals surface area contributed by atoms with Gasteiger partial charge in [-0.1, -0.05) is 47.8 Å². The van der Waals surface area contributed by atoms with Crippen LogP contribution in [0.2, 0.25) is 0 Å². The van der Waals surface area contributed by atoms with E-state index >= 15 is 0 Å². The van der Waals surface area contributed by atoms with Gasteiger partial charge in [0.05, 0.1) is 12.4 Å². The number of Topliss-reactive ketones (excluding diaryl/α,β-unsaturated/α-hetero) is 1. The lowest BCUT2D eigenvalue weighted by atomic mass is 10.0. The first-order valence-corrected chi connectivity index (χ1v) is 11.8. The Hall–Kier alpha value is -3.31. The van der Waals surface area contributed by atoms with Crippen LogP contribution in [0, 0.1) is 0 Å². The van der Waals surface area contributed by atoms with Crippen molar-refractivity contribution >= 4 is 63.4 Å². The molecule has 1 aliphatic rings. The molecule has 0 saturated carbocycles. The van der Waals surface area contributed by atoms with E-state index in [-0.39, 0.29) is 22.8 Å². The van der Waals surface area contributed by atoms with Crippen molar-refractivity contribution in [3.63, 3.8) is 0 Å². The van der Waals surface area contributed by atoms with E-state index in [2.05, 4.69) is 9.97 Å². The van der Waals surface area contributed by atoms with Crippen molar-refractivity contribution < 1.29 is 32.7 Å². The Labute approximate surface area is 195 Å². The molecule has 0 aliphatic carbocycles. The molecule has 0 amide bonds. The Morgan fingerprint density at radius 3 is 2.24 bits per heavy atom. The van der Waals surface area contributed by atoms with Crippen LogP contribution in [0.5, 0.6) is 0 Å². The number of para-hydroxylation sites is 4. The average molecular weight is 485 g/mol. The van der Waals surface area contributed by atoms with Crippen molar-refractivity contribution in [2.75, 3.05) is 12.4 Å². The first-order chi connectivity index (χ1) is 16.0. The Kier molecular flexibility index (Phi) is 5.59. The van der Waals surface area contributed by atoms with Crippen molar-refractivity contribution in [1.82, 2.24) is 9.97 Å². The molecule has 0 radical (unpaired) electrons. The maximum atomic E-state index is 13.0. The minimum Gasteiger partial charge on any atom is -0.463 e. The lowest BCUT2D eigenvalue weighted by molar-refractivity contribution is -0.171. The maximum Gasteiger partial charge on any atom is 0.377 e. The van der Waals surface area contributed by atoms with Crippen LogP contribution >= 0.6 is 23.5 Å². The number of carbonyl (C=O) groups excluding carboxylic acids is 3. The van der Waals surface area contributed by atoms with Crippen LogP contribution in [0.25, 0.3) is 22.2 Å². The minimum absolute atomic E-state index is 0.0418. The zero-order valence-corrected chi connectivity index (χ0v) is 18.8. The second-order valence-corrected chi connectivity index (χ2v) is 9.03. The summed E-state index contributed by atoms with van der Waals surface area (Å²) in [5, 5.41) is -0.858. The van der Waals surface area contributed by atoms with Crippen LogP contribution in [-0.4, -0.2) is 50.9 Å². The van der Waals surface area contributed by atoms with Gasteiger partial charge < -0.3 is 18.3 Å². The van der Waals surface area contributed by atoms with Gasteiger partial charge >= 0.3 is 11.9 Å². The average Bonchev–Trinajstić information content (AvgIpc) is 3.48. The minimum atomic E-state index is -1.90. The summed E-state index contributed by atoms with van der Waals surface area (Å²) in [4.78, 5) is 46.9. The SMILES string of the molecule is CCOC(=O)C1(CSc2nc3ccccc3o2)OC(=O)C(=O)C1Sc1nc2ccccc2o1. The summed E-state index contributed by atoms with van der Waals surface area (Å²) in [7, 11) is 0. The molecule has 9 nitrogen and oxygen atoms in total. The number of ketones is 1. The number of oxazole rings is 2. The maximum absolute atomic E-state index is 13.0. The highest BCUT2D eigenvalue weighted by Crippen LogP contribution is 2.42. The highest BCUT2D eigenvalue weighted by atomic mass is 32.2. The van der Waals surface area contributed by atoms with Gasteiger partial charge in [0, 0.05) is 0 Å². The van der Waals surface area contributed by atoms with E-state index in [1.54, 1.807) is 43.3 Å². The lowest BCUT2D eigenvalue weighted by Gasteiger charge is -2.28. The van der Waals surface area contributed by atoms with Gasteiger partial charge in [-0.2, -0.15) is 0 Å². The molecule has 1 saturated heterocycles. The fraction of sp³-hybridized carbons (Fsp3) is 0.227. The summed E-state index contributed by atoms with van der Waals surface area (Å²) in [6.45, 7) is 1.67. The van der Waals surface area contributed by atoms with E-state index in [0.29, 0.717) is 22.2 Å². The highest BCUT2D eigenvalue weighted by Gasteiger charge is 2.62. The Morgan fingerprint density at radius 1 is 1.00 bits per heavy atom. The third-order valence-corrected chi connectivity index (χ3v) is 7.14. The van der Waals surface area contributed by atoms with Crippen LogP contribution < -0.4 is 0 Å². The molecule has 5 rings (SSSR count). The number of hydrogen-bond donors (Lipinski definition) is 0. The summed E-state index contributed by atoms with van der Waals surface area (Å²) in [6, 6.07) is 14.3. The predicted molar refractivity (Wildman–Crippen MR) is 119 cm³/mol. The van der Waals surface area contributed by atoms with Crippen LogP contribution in [0.4, 0.5) is 0 Å². The summed E-state index contributed by atoms with van der Waals surface area (Å²) in [5.41, 5.74) is 0.408. The van der Waals surface area contributed by atoms with Gasteiger partial charge in [0.15, 0.2) is 11.2 Å². The molecule has 3 heterocycles. The molecule has 2 aromatic carbocycles. The topological polar surface area (TPSA) is 122 Å². The van der Waals surface area contributed by atoms with E-state index in [4.69, 9.17) is 18.3 Å². The first kappa shape index (κ1) is 21.5. The number of benzene rings is 2. The predicted octanol–water partition coefficient (Wildman–Crippen LogP) is 3.65. The molecule has 1 aliphatic heterocycles. The molecule has 33 heavy (non-hydrogen) atoms. The van der Waals surface area contributed by atoms with E-state index in [0.717, 1.165) is 23.5 Å². The van der Waals surface area contributed by atoms with Crippen LogP contribution in [-0.2, 0) is 23.9 Å². The molecule has 0 spiro atoms. The summed E-state index contributed by atoms with van der Waals surface area (Å²) in [5.74, 6) is -2.96. The van der Waals surface area contributed by atoms with Gasteiger partial charge in [0.25, 0.3) is 16.2 Å². The largest absolute Gasteiger partial charge is 0.463 e. The second kappa shape index (κ2) is 8.56. The van der Waals surface area contributed by atoms with Crippen molar-refractivity contribution in [3.05, 3.63) is 48.5 Å². The summed E-state index contributed by atoms with van der Waals surface area (Å²) in [6.07, 6.45) is 0. The van der Waals surface area contributed by atoms with Gasteiger partial charge in [0.1, 0.15) is 16.3 Å². The number of carbonyl (C=O) groups is 3. The Balaban J connectivity index is 1.48. The number of nitrogens with zero attached hydrogens (tertiary/aromatic N) is 2. The zero-order valence-electron chi connectivity index (χ0n) is 17.2. The van der Waals surface area contributed by atoms with Crippen LogP contribution in [0.15, 0.2) is 67.8 Å². The Morgan fingerprint density at radius 2 is 1.61 bits per heavy atom. The molecule has 0 N–H and O–H groups in total. The number of cyclic esters (lactones) is 1. The molecule has 168 valence electrons. The van der Waals surface area contributed by atoms with Gasteiger partial charge in [-0.25, -0.2) is 19.6 Å². The number of fused-ring (bicyclic) bond motifs is 2. The zero-order chi connectivity index (χ0) is 23.0. The quantitative estimate of drug-likeness (QED) is 0.217. The third-order valence-electron chi connectivity index (χ3n) is 4.94. The van der Waals surface area contributed by atoms with Crippen molar-refractivity contribution in [1.29, 1.82) is 0 Å². The second-order valence-electron chi connectivity index (χ2n) is 7.05. The van der Waals surface area contributed by atoms with E-state index in [9.17, 15) is 14.4 Å². The normalized spacial score (nSPS) is 20.5. The Bertz CT molecular complexity index is 1320. The fourth-order valence-electron chi connectivity index (χ4n) is 3.39. The highest BCUT2D eigenvalue weighted by molar-refractivity contribution is 8.01. The number of hydrogen-bond acceptors (Lipinski definition) is 11. The van der Waals surface area contributed by atoms with Gasteiger partial charge in [-0.15, -0.1) is 0 Å². The molecular weight excluding hydrogens is 468 g/mol. The van der Waals surface area contributed by atoms with Crippen LogP contribution in [0.3, 0.4) is 0 Å². The number of aromatic nitrogens is 2. The van der Waals surface area contributed by atoms with Crippen molar-refractivity contribution in [3.8, 4) is 0 Å². The molecular formula is C22H16N2O7S2. The molecule has 0 bridgehead atoms. The lowest BCUT2D eigenvalue weighted by Crippen LogP contribution is -2.50. The number of rotatable bonds is 7. The molecule has 2 atom stereocenters. The summed E-state index contributed by atoms with van der Waals surface area (Å²) < 4.78 is 22.0. The standard InChI is InChI=1S/C22H16N2O7S2/c1-2-28-19(27)22(11-32-20-23-12-7-3-5-9-14(12)29-20)17(16(25)18(26)31-22)33-21-24-13-8-4-6-10-15(13)30-21/h3-10,17H,2,11H2,1H3. The van der Waals surface area contributed by atoms with Gasteiger partial charge in [0.2, 0.25) is 5.60 Å². The van der Waals surface area contributed by atoms with Crippen LogP contribution in [0.1, 0.15) is 6.92 Å². The first-order valence-electron chi connectivity index (χ1n) is 9.95. The smallest absolute Gasteiger partial charge is 0.377 e. The fourth-order valence-corrected chi connectivity index (χ4v) is 5.60. The molecule has 11 heteroatoms. The van der Waals surface area contributed by atoms with Gasteiger partial charge in [-0.3, -0.25) is 4.79 Å². The number of esters is 2. The molecule has 2 aromatic heterocycles. The monoisotopic (exact) mass is 484 g/mol. The van der Waals surface area contributed by atoms with Crippen molar-refractivity contribution in [2.45, 2.75) is 28.2 Å². The van der Waals surface area contributed by atoms with E-state index < -0.39 is 28.6 Å². The number of thioether (sulfide) groups is 2. The van der Waals surface area contributed by atoms with Gasteiger partial charge in [-0.05, 0) is 31.2 Å². The van der Waals surface area contributed by atoms with E-state index in [1.165, 1.54) is 0 Å². The molecule has 4 aromatic rings. The summed E-state index contributed by atoms with van der Waals surface area (Å²) >= 11 is 1.90. The molecule has 1 fully saturated rings.